The molecule has 7 nitrogen and oxygen atoms in total. The monoisotopic (exact) mass is 346 g/mol. The third-order valence-electron chi connectivity index (χ3n) is 4.67. The zero-order valence-corrected chi connectivity index (χ0v) is 14.5. The number of carbonyl (C=O) groups is 2. The van der Waals surface area contributed by atoms with E-state index in [-0.39, 0.29) is 11.9 Å². The number of amides is 3. The van der Waals surface area contributed by atoms with Crippen LogP contribution in [0, 0.1) is 0 Å². The molecule has 2 aliphatic heterocycles. The highest BCUT2D eigenvalue weighted by Crippen LogP contribution is 2.06. The second kappa shape index (κ2) is 8.82. The molecule has 2 fully saturated rings. The van der Waals surface area contributed by atoms with Crippen LogP contribution >= 0.6 is 0 Å². The summed E-state index contributed by atoms with van der Waals surface area (Å²) >= 11 is 0. The van der Waals surface area contributed by atoms with Crippen molar-refractivity contribution < 1.29 is 14.3 Å². The molecular formula is C18H26N4O3. The molecule has 0 bridgehead atoms. The zero-order valence-electron chi connectivity index (χ0n) is 14.5. The van der Waals surface area contributed by atoms with Crippen LogP contribution in [0.3, 0.4) is 0 Å². The summed E-state index contributed by atoms with van der Waals surface area (Å²) in [6.45, 7) is 6.35. The minimum atomic E-state index is -0.0656. The lowest BCUT2D eigenvalue weighted by molar-refractivity contribution is -0.134. The fourth-order valence-corrected chi connectivity index (χ4v) is 3.09. The summed E-state index contributed by atoms with van der Waals surface area (Å²) in [7, 11) is 0. The highest BCUT2D eigenvalue weighted by molar-refractivity contribution is 5.79. The van der Waals surface area contributed by atoms with Gasteiger partial charge >= 0.3 is 6.03 Å². The van der Waals surface area contributed by atoms with Crippen molar-refractivity contribution in [2.75, 3.05) is 59.0 Å². The maximum absolute atomic E-state index is 12.4. The van der Waals surface area contributed by atoms with Crippen molar-refractivity contribution in [3.63, 3.8) is 0 Å². The molecule has 2 saturated heterocycles. The Morgan fingerprint density at radius 1 is 0.920 bits per heavy atom. The van der Waals surface area contributed by atoms with E-state index in [2.05, 4.69) is 10.2 Å². The summed E-state index contributed by atoms with van der Waals surface area (Å²) < 4.78 is 5.30. The SMILES string of the molecule is O=C(CN1CCOCC1)N1CCN(C(=O)NCc2ccccc2)CC1. The number of piperazine rings is 1. The average Bonchev–Trinajstić information content (AvgIpc) is 2.68. The first-order valence-electron chi connectivity index (χ1n) is 8.87. The molecule has 2 heterocycles. The van der Waals surface area contributed by atoms with E-state index in [4.69, 9.17) is 4.74 Å². The molecule has 0 unspecified atom stereocenters. The van der Waals surface area contributed by atoms with Gasteiger partial charge in [0.2, 0.25) is 5.91 Å². The van der Waals surface area contributed by atoms with Gasteiger partial charge in [-0.3, -0.25) is 9.69 Å². The Kier molecular flexibility index (Phi) is 6.25. The summed E-state index contributed by atoms with van der Waals surface area (Å²) in [5.74, 6) is 0.145. The van der Waals surface area contributed by atoms with E-state index in [9.17, 15) is 9.59 Å². The molecule has 3 rings (SSSR count). The molecule has 0 atom stereocenters. The maximum Gasteiger partial charge on any atom is 0.317 e. The number of hydrogen-bond donors (Lipinski definition) is 1. The molecular weight excluding hydrogens is 320 g/mol. The van der Waals surface area contributed by atoms with E-state index in [1.54, 1.807) is 4.90 Å². The minimum absolute atomic E-state index is 0.0656. The molecule has 1 aromatic rings. The molecule has 1 aromatic carbocycles. The lowest BCUT2D eigenvalue weighted by atomic mass is 10.2. The molecule has 136 valence electrons. The Morgan fingerprint density at radius 3 is 2.24 bits per heavy atom. The number of carbonyl (C=O) groups excluding carboxylic acids is 2. The molecule has 0 radical (unpaired) electrons. The van der Waals surface area contributed by atoms with E-state index in [0.717, 1.165) is 18.7 Å². The van der Waals surface area contributed by atoms with Gasteiger partial charge in [0.25, 0.3) is 0 Å². The number of benzene rings is 1. The number of nitrogens with zero attached hydrogens (tertiary/aromatic N) is 3. The van der Waals surface area contributed by atoms with E-state index in [1.807, 2.05) is 35.2 Å². The summed E-state index contributed by atoms with van der Waals surface area (Å²) in [4.78, 5) is 30.4. The van der Waals surface area contributed by atoms with Crippen molar-refractivity contribution in [2.24, 2.45) is 0 Å². The Hall–Kier alpha value is -2.12. The van der Waals surface area contributed by atoms with Crippen molar-refractivity contribution in [3.05, 3.63) is 35.9 Å². The number of hydrogen-bond acceptors (Lipinski definition) is 4. The van der Waals surface area contributed by atoms with Crippen LogP contribution in [0.5, 0.6) is 0 Å². The van der Waals surface area contributed by atoms with Gasteiger partial charge in [0, 0.05) is 45.8 Å². The van der Waals surface area contributed by atoms with Gasteiger partial charge in [0.05, 0.1) is 19.8 Å². The number of rotatable bonds is 4. The number of ether oxygens (including phenoxy) is 1. The summed E-state index contributed by atoms with van der Waals surface area (Å²) in [6, 6.07) is 9.79. The van der Waals surface area contributed by atoms with Gasteiger partial charge in [-0.15, -0.1) is 0 Å². The second-order valence-electron chi connectivity index (χ2n) is 6.40. The Balaban J connectivity index is 1.38. The maximum atomic E-state index is 12.4. The first-order valence-corrected chi connectivity index (χ1v) is 8.87. The first-order chi connectivity index (χ1) is 12.2. The molecule has 0 aliphatic carbocycles. The fourth-order valence-electron chi connectivity index (χ4n) is 3.09. The van der Waals surface area contributed by atoms with Crippen molar-refractivity contribution in [2.45, 2.75) is 6.54 Å². The van der Waals surface area contributed by atoms with Crippen molar-refractivity contribution in [1.82, 2.24) is 20.0 Å². The highest BCUT2D eigenvalue weighted by atomic mass is 16.5. The molecule has 0 saturated carbocycles. The van der Waals surface area contributed by atoms with Crippen LogP contribution in [-0.4, -0.2) is 85.7 Å². The molecule has 25 heavy (non-hydrogen) atoms. The van der Waals surface area contributed by atoms with Gasteiger partial charge in [0.1, 0.15) is 0 Å². The van der Waals surface area contributed by atoms with Crippen molar-refractivity contribution in [1.29, 1.82) is 0 Å². The standard InChI is InChI=1S/C18H26N4O3/c23-17(15-20-10-12-25-13-11-20)21-6-8-22(9-7-21)18(24)19-14-16-4-2-1-3-5-16/h1-5H,6-15H2,(H,19,24). The molecule has 2 aliphatic rings. The van der Waals surface area contributed by atoms with Crippen LogP contribution in [0.2, 0.25) is 0 Å². The topological polar surface area (TPSA) is 65.1 Å². The van der Waals surface area contributed by atoms with E-state index in [1.165, 1.54) is 0 Å². The summed E-state index contributed by atoms with van der Waals surface area (Å²) in [5, 5.41) is 2.94. The van der Waals surface area contributed by atoms with Gasteiger partial charge in [-0.1, -0.05) is 30.3 Å². The average molecular weight is 346 g/mol. The Morgan fingerprint density at radius 2 is 1.56 bits per heavy atom. The Bertz CT molecular complexity index is 567. The first kappa shape index (κ1) is 17.7. The lowest BCUT2D eigenvalue weighted by Gasteiger charge is -2.36. The summed E-state index contributed by atoms with van der Waals surface area (Å²) in [6.07, 6.45) is 0. The van der Waals surface area contributed by atoms with Crippen LogP contribution in [0.4, 0.5) is 4.79 Å². The Labute approximate surface area is 148 Å². The van der Waals surface area contributed by atoms with Crippen molar-refractivity contribution in [3.8, 4) is 0 Å². The molecule has 0 aromatic heterocycles. The van der Waals surface area contributed by atoms with E-state index in [0.29, 0.717) is 52.5 Å². The van der Waals surface area contributed by atoms with Gasteiger partial charge in [-0.2, -0.15) is 0 Å². The predicted molar refractivity (Wildman–Crippen MR) is 94.1 cm³/mol. The van der Waals surface area contributed by atoms with Gasteiger partial charge < -0.3 is 19.9 Å². The van der Waals surface area contributed by atoms with Crippen LogP contribution in [0.25, 0.3) is 0 Å². The quantitative estimate of drug-likeness (QED) is 0.856. The third-order valence-corrected chi connectivity index (χ3v) is 4.67. The van der Waals surface area contributed by atoms with Gasteiger partial charge in [0.15, 0.2) is 0 Å². The van der Waals surface area contributed by atoms with Crippen LogP contribution < -0.4 is 5.32 Å². The minimum Gasteiger partial charge on any atom is -0.379 e. The summed E-state index contributed by atoms with van der Waals surface area (Å²) in [5.41, 5.74) is 1.08. The van der Waals surface area contributed by atoms with Gasteiger partial charge in [-0.05, 0) is 5.56 Å². The zero-order chi connectivity index (χ0) is 17.5. The molecule has 7 heteroatoms. The van der Waals surface area contributed by atoms with E-state index < -0.39 is 0 Å². The number of urea groups is 1. The second-order valence-corrected chi connectivity index (χ2v) is 6.40. The van der Waals surface area contributed by atoms with Crippen LogP contribution in [0.1, 0.15) is 5.56 Å². The normalized spacial score (nSPS) is 18.9. The third kappa shape index (κ3) is 5.17. The van der Waals surface area contributed by atoms with E-state index >= 15 is 0 Å². The number of nitrogens with one attached hydrogen (secondary N) is 1. The largest absolute Gasteiger partial charge is 0.379 e. The smallest absolute Gasteiger partial charge is 0.317 e. The van der Waals surface area contributed by atoms with Crippen LogP contribution in [-0.2, 0) is 16.1 Å². The van der Waals surface area contributed by atoms with Crippen molar-refractivity contribution >= 4 is 11.9 Å². The number of morpholine rings is 1. The fraction of sp³-hybridized carbons (Fsp3) is 0.556. The lowest BCUT2D eigenvalue weighted by Crippen LogP contribution is -2.55. The highest BCUT2D eigenvalue weighted by Gasteiger charge is 2.25. The van der Waals surface area contributed by atoms with Crippen LogP contribution in [0.15, 0.2) is 30.3 Å². The van der Waals surface area contributed by atoms with Gasteiger partial charge in [-0.25, -0.2) is 4.79 Å². The molecule has 1 N–H and O–H groups in total. The molecule has 0 spiro atoms. The molecule has 3 amide bonds. The predicted octanol–water partition coefficient (Wildman–Crippen LogP) is 0.373.